The Kier molecular flexibility index (Phi) is 5.71. The largest absolute Gasteiger partial charge is 0.496 e. The average Bonchev–Trinajstić information content (AvgIpc) is 2.62. The van der Waals surface area contributed by atoms with Gasteiger partial charge in [-0.1, -0.05) is 12.1 Å². The van der Waals surface area contributed by atoms with Crippen LogP contribution in [0.2, 0.25) is 0 Å². The van der Waals surface area contributed by atoms with E-state index >= 15 is 0 Å². The lowest BCUT2D eigenvalue weighted by Crippen LogP contribution is -2.42. The predicted molar refractivity (Wildman–Crippen MR) is 98.4 cm³/mol. The van der Waals surface area contributed by atoms with E-state index in [1.54, 1.807) is 19.4 Å². The number of likely N-dealkylation sites (tertiary alicyclic amines) is 1. The Labute approximate surface area is 154 Å². The van der Waals surface area contributed by atoms with Crippen molar-refractivity contribution in [3.63, 3.8) is 0 Å². The molecular weight excluding hydrogens is 330 g/mol. The van der Waals surface area contributed by atoms with Gasteiger partial charge < -0.3 is 14.4 Å². The SMILES string of the molecule is COc1ccc(CC(=O)N2CCC(Oc3ccnc(C)n3)CC2)cc1C. The smallest absolute Gasteiger partial charge is 0.226 e. The molecule has 0 atom stereocenters. The molecule has 1 aliphatic rings. The molecule has 0 saturated carbocycles. The molecule has 1 aliphatic heterocycles. The second-order valence-electron chi connectivity index (χ2n) is 6.62. The number of carbonyl (C=O) groups excluding carboxylic acids is 1. The zero-order valence-corrected chi connectivity index (χ0v) is 15.6. The highest BCUT2D eigenvalue weighted by Crippen LogP contribution is 2.21. The molecule has 138 valence electrons. The number of amides is 1. The van der Waals surface area contributed by atoms with Crippen LogP contribution in [-0.4, -0.2) is 47.1 Å². The molecule has 6 nitrogen and oxygen atoms in total. The lowest BCUT2D eigenvalue weighted by molar-refractivity contribution is -0.132. The second kappa shape index (κ2) is 8.17. The van der Waals surface area contributed by atoms with Gasteiger partial charge in [0.2, 0.25) is 11.8 Å². The Morgan fingerprint density at radius 3 is 2.65 bits per heavy atom. The fourth-order valence-corrected chi connectivity index (χ4v) is 3.23. The molecule has 0 unspecified atom stereocenters. The number of benzene rings is 1. The minimum Gasteiger partial charge on any atom is -0.496 e. The Morgan fingerprint density at radius 2 is 2.00 bits per heavy atom. The molecule has 2 heterocycles. The van der Waals surface area contributed by atoms with Crippen LogP contribution in [0.25, 0.3) is 0 Å². The van der Waals surface area contributed by atoms with Crippen molar-refractivity contribution in [1.82, 2.24) is 14.9 Å². The van der Waals surface area contributed by atoms with E-state index in [9.17, 15) is 4.79 Å². The van der Waals surface area contributed by atoms with E-state index in [2.05, 4.69) is 9.97 Å². The molecule has 0 radical (unpaired) electrons. The van der Waals surface area contributed by atoms with Gasteiger partial charge in [0.25, 0.3) is 0 Å². The maximum Gasteiger partial charge on any atom is 0.226 e. The van der Waals surface area contributed by atoms with Gasteiger partial charge in [-0.15, -0.1) is 0 Å². The molecule has 1 aromatic heterocycles. The maximum absolute atomic E-state index is 12.6. The number of rotatable bonds is 5. The van der Waals surface area contributed by atoms with E-state index in [0.29, 0.717) is 31.2 Å². The molecular formula is C20H25N3O3. The van der Waals surface area contributed by atoms with Gasteiger partial charge in [0.1, 0.15) is 17.7 Å². The molecule has 0 aliphatic carbocycles. The zero-order valence-electron chi connectivity index (χ0n) is 15.6. The van der Waals surface area contributed by atoms with Crippen LogP contribution in [0.15, 0.2) is 30.5 Å². The fraction of sp³-hybridized carbons (Fsp3) is 0.450. The zero-order chi connectivity index (χ0) is 18.5. The van der Waals surface area contributed by atoms with Crippen molar-refractivity contribution in [1.29, 1.82) is 0 Å². The molecule has 1 saturated heterocycles. The first-order valence-corrected chi connectivity index (χ1v) is 8.93. The van der Waals surface area contributed by atoms with Crippen LogP contribution in [0, 0.1) is 13.8 Å². The number of piperidine rings is 1. The van der Waals surface area contributed by atoms with E-state index in [0.717, 1.165) is 29.7 Å². The number of hydrogen-bond donors (Lipinski definition) is 0. The van der Waals surface area contributed by atoms with Crippen molar-refractivity contribution in [2.45, 2.75) is 39.2 Å². The highest BCUT2D eigenvalue weighted by Gasteiger charge is 2.24. The Morgan fingerprint density at radius 1 is 1.23 bits per heavy atom. The molecule has 0 spiro atoms. The van der Waals surface area contributed by atoms with E-state index < -0.39 is 0 Å². The third-order valence-corrected chi connectivity index (χ3v) is 4.65. The molecule has 0 N–H and O–H groups in total. The van der Waals surface area contributed by atoms with Crippen LogP contribution in [0.3, 0.4) is 0 Å². The molecule has 6 heteroatoms. The summed E-state index contributed by atoms with van der Waals surface area (Å²) in [5.74, 6) is 2.31. The molecule has 0 bridgehead atoms. The van der Waals surface area contributed by atoms with E-state index in [-0.39, 0.29) is 12.0 Å². The molecule has 26 heavy (non-hydrogen) atoms. The molecule has 3 rings (SSSR count). The third kappa shape index (κ3) is 4.50. The van der Waals surface area contributed by atoms with E-state index in [1.807, 2.05) is 36.9 Å². The van der Waals surface area contributed by atoms with Crippen molar-refractivity contribution in [2.24, 2.45) is 0 Å². The van der Waals surface area contributed by atoms with Gasteiger partial charge in [-0.25, -0.2) is 4.98 Å². The molecule has 2 aromatic rings. The van der Waals surface area contributed by atoms with Crippen LogP contribution in [0.4, 0.5) is 0 Å². The fourth-order valence-electron chi connectivity index (χ4n) is 3.23. The quantitative estimate of drug-likeness (QED) is 0.825. The number of nitrogens with zero attached hydrogens (tertiary/aromatic N) is 3. The first-order chi connectivity index (χ1) is 12.5. The Balaban J connectivity index is 1.51. The Hall–Kier alpha value is -2.63. The second-order valence-corrected chi connectivity index (χ2v) is 6.62. The first-order valence-electron chi connectivity index (χ1n) is 8.93. The number of ether oxygens (including phenoxy) is 2. The van der Waals surface area contributed by atoms with Crippen molar-refractivity contribution < 1.29 is 14.3 Å². The topological polar surface area (TPSA) is 64.5 Å². The standard InChI is InChI=1S/C20H25N3O3/c1-14-12-16(4-5-18(14)25-3)13-20(24)23-10-7-17(8-11-23)26-19-6-9-21-15(2)22-19/h4-6,9,12,17H,7-8,10-11,13H2,1-3H3. The van der Waals surface area contributed by atoms with Gasteiger partial charge in [0.15, 0.2) is 0 Å². The summed E-state index contributed by atoms with van der Waals surface area (Å²) in [4.78, 5) is 22.8. The molecule has 1 fully saturated rings. The highest BCUT2D eigenvalue weighted by atomic mass is 16.5. The molecule has 1 amide bonds. The summed E-state index contributed by atoms with van der Waals surface area (Å²) in [5.41, 5.74) is 2.06. The lowest BCUT2D eigenvalue weighted by Gasteiger charge is -2.32. The van der Waals surface area contributed by atoms with Crippen LogP contribution in [0.1, 0.15) is 29.8 Å². The summed E-state index contributed by atoms with van der Waals surface area (Å²) in [6, 6.07) is 7.67. The van der Waals surface area contributed by atoms with Gasteiger partial charge in [0, 0.05) is 38.2 Å². The number of hydrogen-bond acceptors (Lipinski definition) is 5. The summed E-state index contributed by atoms with van der Waals surface area (Å²) >= 11 is 0. The normalized spacial score (nSPS) is 15.0. The number of aryl methyl sites for hydroxylation is 2. The summed E-state index contributed by atoms with van der Waals surface area (Å²) in [5, 5.41) is 0. The summed E-state index contributed by atoms with van der Waals surface area (Å²) in [6.45, 7) is 5.25. The Bertz CT molecular complexity index is 771. The van der Waals surface area contributed by atoms with Gasteiger partial charge in [-0.3, -0.25) is 4.79 Å². The number of aromatic nitrogens is 2. The van der Waals surface area contributed by atoms with Gasteiger partial charge >= 0.3 is 0 Å². The third-order valence-electron chi connectivity index (χ3n) is 4.65. The van der Waals surface area contributed by atoms with Crippen LogP contribution in [0.5, 0.6) is 11.6 Å². The monoisotopic (exact) mass is 355 g/mol. The first kappa shape index (κ1) is 18.2. The summed E-state index contributed by atoms with van der Waals surface area (Å²) in [7, 11) is 1.65. The van der Waals surface area contributed by atoms with Gasteiger partial charge in [0.05, 0.1) is 13.5 Å². The highest BCUT2D eigenvalue weighted by molar-refractivity contribution is 5.79. The number of methoxy groups -OCH3 is 1. The van der Waals surface area contributed by atoms with Crippen molar-refractivity contribution in [3.05, 3.63) is 47.4 Å². The van der Waals surface area contributed by atoms with Crippen molar-refractivity contribution in [2.75, 3.05) is 20.2 Å². The number of carbonyl (C=O) groups is 1. The van der Waals surface area contributed by atoms with Gasteiger partial charge in [-0.2, -0.15) is 4.98 Å². The summed E-state index contributed by atoms with van der Waals surface area (Å²) in [6.07, 6.45) is 3.85. The maximum atomic E-state index is 12.6. The van der Waals surface area contributed by atoms with Crippen molar-refractivity contribution in [3.8, 4) is 11.6 Å². The average molecular weight is 355 g/mol. The van der Waals surface area contributed by atoms with E-state index in [1.165, 1.54) is 0 Å². The predicted octanol–water partition coefficient (Wildman–Crippen LogP) is 2.71. The van der Waals surface area contributed by atoms with Crippen LogP contribution < -0.4 is 9.47 Å². The summed E-state index contributed by atoms with van der Waals surface area (Å²) < 4.78 is 11.2. The lowest BCUT2D eigenvalue weighted by atomic mass is 10.0. The minimum atomic E-state index is 0.0941. The van der Waals surface area contributed by atoms with Gasteiger partial charge in [-0.05, 0) is 31.0 Å². The van der Waals surface area contributed by atoms with Crippen molar-refractivity contribution >= 4 is 5.91 Å². The van der Waals surface area contributed by atoms with Crippen LogP contribution in [-0.2, 0) is 11.2 Å². The van der Waals surface area contributed by atoms with Crippen LogP contribution >= 0.6 is 0 Å². The minimum absolute atomic E-state index is 0.0941. The van der Waals surface area contributed by atoms with E-state index in [4.69, 9.17) is 9.47 Å². The molecule has 1 aromatic carbocycles.